The summed E-state index contributed by atoms with van der Waals surface area (Å²) in [5.74, 6) is -1.17. The van der Waals surface area contributed by atoms with Crippen molar-refractivity contribution < 1.29 is 14.8 Å². The molecule has 74 valence electrons. The standard InChI is InChI=1S/C7H7N3O4/c8-6-3-5(10(13)14)1-4(9-6)2-7(11)12/h1,3H,2H2,(H2,8,9)(H,11,12). The number of nitro groups is 1. The SMILES string of the molecule is Nc1cc([N+](=O)[O-])cc(CC(=O)O)n1. The Kier molecular flexibility index (Phi) is 2.61. The molecule has 0 aliphatic heterocycles. The quantitative estimate of drug-likeness (QED) is 0.527. The van der Waals surface area contributed by atoms with Gasteiger partial charge >= 0.3 is 5.97 Å². The number of nitrogens with two attached hydrogens (primary N) is 1. The fourth-order valence-corrected chi connectivity index (χ4v) is 0.945. The zero-order valence-corrected chi connectivity index (χ0v) is 7.01. The number of aliphatic carboxylic acids is 1. The smallest absolute Gasteiger partial charge is 0.309 e. The Morgan fingerprint density at radius 2 is 2.29 bits per heavy atom. The molecule has 0 fully saturated rings. The zero-order valence-electron chi connectivity index (χ0n) is 7.01. The fraction of sp³-hybridized carbons (Fsp3) is 0.143. The maximum atomic E-state index is 10.4. The Morgan fingerprint density at radius 1 is 1.64 bits per heavy atom. The zero-order chi connectivity index (χ0) is 10.7. The number of hydrogen-bond donors (Lipinski definition) is 2. The third kappa shape index (κ3) is 2.41. The van der Waals surface area contributed by atoms with Crippen LogP contribution < -0.4 is 5.73 Å². The summed E-state index contributed by atoms with van der Waals surface area (Å²) < 4.78 is 0. The summed E-state index contributed by atoms with van der Waals surface area (Å²) >= 11 is 0. The first-order chi connectivity index (χ1) is 6.49. The predicted octanol–water partition coefficient (Wildman–Crippen LogP) is 0.199. The number of anilines is 1. The van der Waals surface area contributed by atoms with Crippen molar-refractivity contribution in [3.8, 4) is 0 Å². The summed E-state index contributed by atoms with van der Waals surface area (Å²) in [6.45, 7) is 0. The molecule has 0 radical (unpaired) electrons. The van der Waals surface area contributed by atoms with E-state index in [9.17, 15) is 14.9 Å². The van der Waals surface area contributed by atoms with E-state index in [4.69, 9.17) is 10.8 Å². The van der Waals surface area contributed by atoms with E-state index < -0.39 is 10.9 Å². The van der Waals surface area contributed by atoms with E-state index in [0.29, 0.717) is 0 Å². The molecule has 3 N–H and O–H groups in total. The highest BCUT2D eigenvalue weighted by Crippen LogP contribution is 2.15. The molecule has 7 nitrogen and oxygen atoms in total. The van der Waals surface area contributed by atoms with E-state index in [2.05, 4.69) is 4.98 Å². The lowest BCUT2D eigenvalue weighted by molar-refractivity contribution is -0.384. The molecular formula is C7H7N3O4. The monoisotopic (exact) mass is 197 g/mol. The van der Waals surface area contributed by atoms with Crippen LogP contribution >= 0.6 is 0 Å². The van der Waals surface area contributed by atoms with Gasteiger partial charge in [0.15, 0.2) is 0 Å². The van der Waals surface area contributed by atoms with Crippen molar-refractivity contribution in [2.24, 2.45) is 0 Å². The molecule has 0 aliphatic rings. The van der Waals surface area contributed by atoms with Crippen LogP contribution in [0.1, 0.15) is 5.69 Å². The van der Waals surface area contributed by atoms with E-state index >= 15 is 0 Å². The van der Waals surface area contributed by atoms with Gasteiger partial charge < -0.3 is 10.8 Å². The van der Waals surface area contributed by atoms with E-state index in [1.165, 1.54) is 0 Å². The molecule has 1 heterocycles. The van der Waals surface area contributed by atoms with Crippen LogP contribution in [0.25, 0.3) is 0 Å². The van der Waals surface area contributed by atoms with Gasteiger partial charge in [0.2, 0.25) is 0 Å². The Morgan fingerprint density at radius 3 is 2.79 bits per heavy atom. The molecule has 7 heteroatoms. The number of rotatable bonds is 3. The van der Waals surface area contributed by atoms with Gasteiger partial charge in [-0.2, -0.15) is 0 Å². The normalized spacial score (nSPS) is 9.71. The van der Waals surface area contributed by atoms with Crippen LogP contribution in [0.5, 0.6) is 0 Å². The van der Waals surface area contributed by atoms with Crippen LogP contribution in [-0.4, -0.2) is 21.0 Å². The largest absolute Gasteiger partial charge is 0.481 e. The van der Waals surface area contributed by atoms with E-state index in [-0.39, 0.29) is 23.6 Å². The minimum Gasteiger partial charge on any atom is -0.481 e. The lowest BCUT2D eigenvalue weighted by atomic mass is 10.2. The number of carboxylic acid groups (broad SMARTS) is 1. The van der Waals surface area contributed by atoms with Gasteiger partial charge in [0, 0.05) is 6.07 Å². The van der Waals surface area contributed by atoms with Crippen LogP contribution in [0.3, 0.4) is 0 Å². The highest BCUT2D eigenvalue weighted by Gasteiger charge is 2.11. The Labute approximate surface area is 78.3 Å². The number of carboxylic acids is 1. The first-order valence-corrected chi connectivity index (χ1v) is 3.61. The Bertz CT molecular complexity index is 391. The molecule has 0 amide bonds. The van der Waals surface area contributed by atoms with Crippen LogP contribution in [0.4, 0.5) is 11.5 Å². The van der Waals surface area contributed by atoms with Gasteiger partial charge in [-0.05, 0) is 0 Å². The molecule has 0 spiro atoms. The van der Waals surface area contributed by atoms with Crippen molar-refractivity contribution in [1.82, 2.24) is 4.98 Å². The van der Waals surface area contributed by atoms with Crippen LogP contribution in [0, 0.1) is 10.1 Å². The molecular weight excluding hydrogens is 190 g/mol. The van der Waals surface area contributed by atoms with Gasteiger partial charge in [-0.15, -0.1) is 0 Å². The summed E-state index contributed by atoms with van der Waals surface area (Å²) in [4.78, 5) is 23.7. The second kappa shape index (κ2) is 3.69. The highest BCUT2D eigenvalue weighted by molar-refractivity contribution is 5.70. The molecule has 0 atom stereocenters. The molecule has 1 rings (SSSR count). The molecule has 0 unspecified atom stereocenters. The van der Waals surface area contributed by atoms with Gasteiger partial charge in [-0.25, -0.2) is 4.98 Å². The second-order valence-corrected chi connectivity index (χ2v) is 2.57. The molecule has 1 aromatic rings. The van der Waals surface area contributed by atoms with E-state index in [1.807, 2.05) is 0 Å². The van der Waals surface area contributed by atoms with Crippen molar-refractivity contribution in [2.45, 2.75) is 6.42 Å². The third-order valence-corrected chi connectivity index (χ3v) is 1.43. The van der Waals surface area contributed by atoms with Crippen LogP contribution in [0.2, 0.25) is 0 Å². The Hall–Kier alpha value is -2.18. The first-order valence-electron chi connectivity index (χ1n) is 3.61. The van der Waals surface area contributed by atoms with Crippen LogP contribution in [0.15, 0.2) is 12.1 Å². The third-order valence-electron chi connectivity index (χ3n) is 1.43. The van der Waals surface area contributed by atoms with Crippen molar-refractivity contribution in [1.29, 1.82) is 0 Å². The summed E-state index contributed by atoms with van der Waals surface area (Å²) in [5.41, 5.74) is 5.08. The van der Waals surface area contributed by atoms with Crippen LogP contribution in [-0.2, 0) is 11.2 Å². The lowest BCUT2D eigenvalue weighted by Gasteiger charge is -1.98. The maximum absolute atomic E-state index is 10.4. The molecule has 14 heavy (non-hydrogen) atoms. The van der Waals surface area contributed by atoms with Crippen molar-refractivity contribution in [2.75, 3.05) is 5.73 Å². The topological polar surface area (TPSA) is 119 Å². The summed E-state index contributed by atoms with van der Waals surface area (Å²) in [7, 11) is 0. The van der Waals surface area contributed by atoms with Gasteiger partial charge in [-0.1, -0.05) is 0 Å². The second-order valence-electron chi connectivity index (χ2n) is 2.57. The van der Waals surface area contributed by atoms with E-state index in [0.717, 1.165) is 12.1 Å². The molecule has 0 aromatic carbocycles. The molecule has 1 aromatic heterocycles. The number of aromatic nitrogens is 1. The van der Waals surface area contributed by atoms with Crippen molar-refractivity contribution in [3.05, 3.63) is 27.9 Å². The lowest BCUT2D eigenvalue weighted by Crippen LogP contribution is -2.05. The van der Waals surface area contributed by atoms with Gasteiger partial charge in [-0.3, -0.25) is 14.9 Å². The number of carbonyl (C=O) groups is 1. The van der Waals surface area contributed by atoms with Gasteiger partial charge in [0.05, 0.1) is 23.1 Å². The molecule has 0 saturated heterocycles. The van der Waals surface area contributed by atoms with Crippen molar-refractivity contribution >= 4 is 17.5 Å². The Balaban J connectivity index is 3.07. The summed E-state index contributed by atoms with van der Waals surface area (Å²) in [6.07, 6.45) is -0.383. The van der Waals surface area contributed by atoms with E-state index in [1.54, 1.807) is 0 Å². The van der Waals surface area contributed by atoms with Gasteiger partial charge in [0.1, 0.15) is 5.82 Å². The maximum Gasteiger partial charge on any atom is 0.309 e. The highest BCUT2D eigenvalue weighted by atomic mass is 16.6. The predicted molar refractivity (Wildman–Crippen MR) is 46.6 cm³/mol. The van der Waals surface area contributed by atoms with Gasteiger partial charge in [0.25, 0.3) is 5.69 Å². The first kappa shape index (κ1) is 9.90. The average molecular weight is 197 g/mol. The fourth-order valence-electron chi connectivity index (χ4n) is 0.945. The summed E-state index contributed by atoms with van der Waals surface area (Å²) in [6, 6.07) is 2.16. The molecule has 0 aliphatic carbocycles. The number of pyridine rings is 1. The molecule has 0 saturated carbocycles. The summed E-state index contributed by atoms with van der Waals surface area (Å²) in [5, 5.41) is 18.8. The number of nitrogens with zero attached hydrogens (tertiary/aromatic N) is 2. The number of nitrogen functional groups attached to an aromatic ring is 1. The minimum atomic E-state index is -1.11. The minimum absolute atomic E-state index is 0.0598. The van der Waals surface area contributed by atoms with Crippen molar-refractivity contribution in [3.63, 3.8) is 0 Å². The number of hydrogen-bond acceptors (Lipinski definition) is 5. The average Bonchev–Trinajstić information content (AvgIpc) is 2.01. The molecule has 0 bridgehead atoms.